The van der Waals surface area contributed by atoms with E-state index in [0.717, 1.165) is 37.3 Å². The summed E-state index contributed by atoms with van der Waals surface area (Å²) in [4.78, 5) is 11.9. The first-order valence-corrected chi connectivity index (χ1v) is 7.31. The Labute approximate surface area is 120 Å². The van der Waals surface area contributed by atoms with E-state index in [9.17, 15) is 4.79 Å². The van der Waals surface area contributed by atoms with Gasteiger partial charge in [0, 0.05) is 12.3 Å². The predicted octanol–water partition coefficient (Wildman–Crippen LogP) is 3.37. The molecule has 1 saturated heterocycles. The highest BCUT2D eigenvalue weighted by atomic mass is 16.5. The fraction of sp³-hybridized carbons (Fsp3) is 0.562. The van der Waals surface area contributed by atoms with Gasteiger partial charge in [-0.2, -0.15) is 0 Å². The van der Waals surface area contributed by atoms with E-state index in [-0.39, 0.29) is 18.1 Å². The SMILES string of the molecule is CC(C)Oc1ccc(NC(=O)CC2CCCCO2)cc1. The van der Waals surface area contributed by atoms with Crippen molar-refractivity contribution < 1.29 is 14.3 Å². The quantitative estimate of drug-likeness (QED) is 0.897. The lowest BCUT2D eigenvalue weighted by molar-refractivity contribution is -0.119. The molecule has 4 nitrogen and oxygen atoms in total. The first kappa shape index (κ1) is 14.9. The zero-order valence-electron chi connectivity index (χ0n) is 12.2. The number of carbonyl (C=O) groups is 1. The monoisotopic (exact) mass is 277 g/mol. The van der Waals surface area contributed by atoms with Gasteiger partial charge in [-0.3, -0.25) is 4.79 Å². The summed E-state index contributed by atoms with van der Waals surface area (Å²) in [5.74, 6) is 0.822. The second-order valence-electron chi connectivity index (χ2n) is 5.43. The maximum absolute atomic E-state index is 11.9. The minimum Gasteiger partial charge on any atom is -0.491 e. The molecule has 20 heavy (non-hydrogen) atoms. The van der Waals surface area contributed by atoms with E-state index in [2.05, 4.69) is 5.32 Å². The van der Waals surface area contributed by atoms with Crippen molar-refractivity contribution in [2.45, 2.75) is 51.7 Å². The Bertz CT molecular complexity index is 422. The van der Waals surface area contributed by atoms with E-state index in [1.807, 2.05) is 38.1 Å². The third-order valence-electron chi connectivity index (χ3n) is 3.20. The molecule has 1 aliphatic heterocycles. The third-order valence-corrected chi connectivity index (χ3v) is 3.20. The van der Waals surface area contributed by atoms with Crippen molar-refractivity contribution in [1.29, 1.82) is 0 Å². The summed E-state index contributed by atoms with van der Waals surface area (Å²) in [6, 6.07) is 7.45. The summed E-state index contributed by atoms with van der Waals surface area (Å²) in [6.07, 6.45) is 3.90. The third kappa shape index (κ3) is 4.85. The molecule has 2 rings (SSSR count). The Kier molecular flexibility index (Phi) is 5.41. The Morgan fingerprint density at radius 2 is 2.10 bits per heavy atom. The topological polar surface area (TPSA) is 47.6 Å². The number of hydrogen-bond donors (Lipinski definition) is 1. The predicted molar refractivity (Wildman–Crippen MR) is 79.0 cm³/mol. The molecule has 1 amide bonds. The highest BCUT2D eigenvalue weighted by Crippen LogP contribution is 2.19. The standard InChI is InChI=1S/C16H23NO3/c1-12(2)20-14-8-6-13(7-9-14)17-16(18)11-15-5-3-4-10-19-15/h6-9,12,15H,3-5,10-11H2,1-2H3,(H,17,18). The van der Waals surface area contributed by atoms with Crippen LogP contribution in [0.4, 0.5) is 5.69 Å². The summed E-state index contributed by atoms with van der Waals surface area (Å²) in [6.45, 7) is 4.75. The lowest BCUT2D eigenvalue weighted by atomic mass is 10.1. The van der Waals surface area contributed by atoms with Gasteiger partial charge in [-0.25, -0.2) is 0 Å². The molecule has 1 aromatic carbocycles. The molecule has 1 aliphatic rings. The molecule has 0 saturated carbocycles. The summed E-state index contributed by atoms with van der Waals surface area (Å²) in [5.41, 5.74) is 0.793. The molecule has 0 bridgehead atoms. The van der Waals surface area contributed by atoms with E-state index in [1.165, 1.54) is 0 Å². The lowest BCUT2D eigenvalue weighted by Gasteiger charge is -2.21. The van der Waals surface area contributed by atoms with Crippen LogP contribution >= 0.6 is 0 Å². The van der Waals surface area contributed by atoms with Crippen LogP contribution in [0.1, 0.15) is 39.5 Å². The molecule has 4 heteroatoms. The van der Waals surface area contributed by atoms with Gasteiger partial charge in [0.05, 0.1) is 18.6 Å². The van der Waals surface area contributed by atoms with Crippen LogP contribution in [0.2, 0.25) is 0 Å². The molecule has 1 aromatic rings. The van der Waals surface area contributed by atoms with Crippen molar-refractivity contribution in [1.82, 2.24) is 0 Å². The van der Waals surface area contributed by atoms with E-state index in [4.69, 9.17) is 9.47 Å². The average Bonchev–Trinajstić information content (AvgIpc) is 2.41. The molecule has 1 fully saturated rings. The second-order valence-corrected chi connectivity index (χ2v) is 5.43. The number of ether oxygens (including phenoxy) is 2. The molecule has 1 N–H and O–H groups in total. The van der Waals surface area contributed by atoms with Gasteiger partial charge in [0.25, 0.3) is 0 Å². The second kappa shape index (κ2) is 7.29. The van der Waals surface area contributed by atoms with Crippen LogP contribution < -0.4 is 10.1 Å². The zero-order chi connectivity index (χ0) is 14.4. The van der Waals surface area contributed by atoms with E-state index >= 15 is 0 Å². The fourth-order valence-corrected chi connectivity index (χ4v) is 2.28. The molecule has 0 aliphatic carbocycles. The van der Waals surface area contributed by atoms with Gasteiger partial charge in [0.15, 0.2) is 0 Å². The summed E-state index contributed by atoms with van der Waals surface area (Å²) in [5, 5.41) is 2.90. The highest BCUT2D eigenvalue weighted by Gasteiger charge is 2.17. The minimum absolute atomic E-state index is 0.00873. The van der Waals surface area contributed by atoms with Crippen LogP contribution in [0.25, 0.3) is 0 Å². The van der Waals surface area contributed by atoms with Gasteiger partial charge in [-0.1, -0.05) is 0 Å². The molecule has 0 radical (unpaired) electrons. The van der Waals surface area contributed by atoms with Gasteiger partial charge >= 0.3 is 0 Å². The number of benzene rings is 1. The van der Waals surface area contributed by atoms with Crippen LogP contribution in [-0.4, -0.2) is 24.7 Å². The number of nitrogens with one attached hydrogen (secondary N) is 1. The number of hydrogen-bond acceptors (Lipinski definition) is 3. The minimum atomic E-state index is 0.00873. The molecule has 0 spiro atoms. The van der Waals surface area contributed by atoms with Crippen molar-refractivity contribution in [2.24, 2.45) is 0 Å². The fourth-order valence-electron chi connectivity index (χ4n) is 2.28. The van der Waals surface area contributed by atoms with Crippen molar-refractivity contribution in [2.75, 3.05) is 11.9 Å². The highest BCUT2D eigenvalue weighted by molar-refractivity contribution is 5.91. The summed E-state index contributed by atoms with van der Waals surface area (Å²) in [7, 11) is 0. The summed E-state index contributed by atoms with van der Waals surface area (Å²) >= 11 is 0. The van der Waals surface area contributed by atoms with E-state index in [1.54, 1.807) is 0 Å². The molecule has 0 aromatic heterocycles. The molecule has 1 unspecified atom stereocenters. The lowest BCUT2D eigenvalue weighted by Crippen LogP contribution is -2.25. The van der Waals surface area contributed by atoms with Crippen LogP contribution in [0.3, 0.4) is 0 Å². The molecule has 1 atom stereocenters. The molecular weight excluding hydrogens is 254 g/mol. The average molecular weight is 277 g/mol. The van der Waals surface area contributed by atoms with Gasteiger partial charge in [0.1, 0.15) is 5.75 Å². The number of anilines is 1. The normalized spacial score (nSPS) is 18.9. The van der Waals surface area contributed by atoms with Crippen LogP contribution in [-0.2, 0) is 9.53 Å². The van der Waals surface area contributed by atoms with Gasteiger partial charge in [-0.05, 0) is 57.4 Å². The first-order valence-electron chi connectivity index (χ1n) is 7.31. The maximum atomic E-state index is 11.9. The van der Waals surface area contributed by atoms with Gasteiger partial charge in [-0.15, -0.1) is 0 Å². The maximum Gasteiger partial charge on any atom is 0.226 e. The smallest absolute Gasteiger partial charge is 0.226 e. The number of amides is 1. The van der Waals surface area contributed by atoms with Crippen LogP contribution in [0, 0.1) is 0 Å². The van der Waals surface area contributed by atoms with Crippen molar-refractivity contribution in [3.05, 3.63) is 24.3 Å². The molecule has 1 heterocycles. The van der Waals surface area contributed by atoms with Crippen molar-refractivity contribution in [3.8, 4) is 5.75 Å². The van der Waals surface area contributed by atoms with Crippen molar-refractivity contribution in [3.63, 3.8) is 0 Å². The van der Waals surface area contributed by atoms with Crippen LogP contribution in [0.15, 0.2) is 24.3 Å². The largest absolute Gasteiger partial charge is 0.491 e. The van der Waals surface area contributed by atoms with Crippen LogP contribution in [0.5, 0.6) is 5.75 Å². The number of carbonyl (C=O) groups excluding carboxylic acids is 1. The molecule has 110 valence electrons. The van der Waals surface area contributed by atoms with Crippen molar-refractivity contribution >= 4 is 11.6 Å². The van der Waals surface area contributed by atoms with E-state index < -0.39 is 0 Å². The van der Waals surface area contributed by atoms with E-state index in [0.29, 0.717) is 6.42 Å². The van der Waals surface area contributed by atoms with Gasteiger partial charge < -0.3 is 14.8 Å². The Morgan fingerprint density at radius 1 is 1.35 bits per heavy atom. The summed E-state index contributed by atoms with van der Waals surface area (Å²) < 4.78 is 11.1. The Morgan fingerprint density at radius 3 is 2.70 bits per heavy atom. The zero-order valence-corrected chi connectivity index (χ0v) is 12.2. The van der Waals surface area contributed by atoms with Gasteiger partial charge in [0.2, 0.25) is 5.91 Å². The Hall–Kier alpha value is -1.55. The number of rotatable bonds is 5. The molecular formula is C16H23NO3. The Balaban J connectivity index is 1.81. The first-order chi connectivity index (χ1) is 9.63.